The van der Waals surface area contributed by atoms with Gasteiger partial charge >= 0.3 is 0 Å². The van der Waals surface area contributed by atoms with Crippen LogP contribution >= 0.6 is 11.6 Å². The van der Waals surface area contributed by atoms with Gasteiger partial charge in [0.1, 0.15) is 4.90 Å². The Kier molecular flexibility index (Phi) is 5.77. The third kappa shape index (κ3) is 4.45. The summed E-state index contributed by atoms with van der Waals surface area (Å²) < 4.78 is 28.3. The van der Waals surface area contributed by atoms with E-state index < -0.39 is 10.0 Å². The smallest absolute Gasteiger partial charge is 0.263 e. The number of sulfonamides is 1. The Morgan fingerprint density at radius 1 is 1.22 bits per heavy atom. The van der Waals surface area contributed by atoms with Crippen LogP contribution in [-0.2, 0) is 10.0 Å². The molecule has 0 aliphatic carbocycles. The zero-order valence-electron chi connectivity index (χ0n) is 15.4. The molecule has 1 heterocycles. The molecule has 1 aliphatic rings. The predicted molar refractivity (Wildman–Crippen MR) is 108 cm³/mol. The lowest BCUT2D eigenvalue weighted by Crippen LogP contribution is -2.39. The fourth-order valence-corrected chi connectivity index (χ4v) is 4.94. The average Bonchev–Trinajstić information content (AvgIpc) is 2.63. The maximum Gasteiger partial charge on any atom is 0.263 e. The molecule has 0 radical (unpaired) electrons. The molecule has 27 heavy (non-hydrogen) atoms. The first-order valence-electron chi connectivity index (χ1n) is 8.95. The Bertz CT molecular complexity index is 959. The first-order valence-corrected chi connectivity index (χ1v) is 10.8. The summed E-state index contributed by atoms with van der Waals surface area (Å²) in [4.78, 5) is 14.5. The van der Waals surface area contributed by atoms with E-state index >= 15 is 0 Å². The van der Waals surface area contributed by atoms with Crippen molar-refractivity contribution in [2.45, 2.75) is 31.6 Å². The van der Waals surface area contributed by atoms with E-state index in [2.05, 4.69) is 11.6 Å². The highest BCUT2D eigenvalue weighted by atomic mass is 35.5. The number of para-hydroxylation sites is 1. The van der Waals surface area contributed by atoms with Crippen LogP contribution < -0.4 is 4.72 Å². The number of nitrogens with zero attached hydrogens (tertiary/aromatic N) is 1. The minimum Gasteiger partial charge on any atom is -0.338 e. The second-order valence-corrected chi connectivity index (χ2v) is 9.12. The van der Waals surface area contributed by atoms with Crippen molar-refractivity contribution in [3.05, 3.63) is 58.6 Å². The van der Waals surface area contributed by atoms with Crippen LogP contribution in [0.15, 0.2) is 47.4 Å². The van der Waals surface area contributed by atoms with Crippen molar-refractivity contribution in [2.24, 2.45) is 5.92 Å². The molecular formula is C20H23ClN2O3S. The monoisotopic (exact) mass is 406 g/mol. The molecule has 3 rings (SSSR count). The van der Waals surface area contributed by atoms with Gasteiger partial charge < -0.3 is 4.90 Å². The van der Waals surface area contributed by atoms with Gasteiger partial charge in [-0.05, 0) is 55.5 Å². The number of likely N-dealkylation sites (tertiary alicyclic amines) is 1. The highest BCUT2D eigenvalue weighted by molar-refractivity contribution is 7.92. The van der Waals surface area contributed by atoms with Crippen LogP contribution in [0.25, 0.3) is 0 Å². The molecule has 0 saturated carbocycles. The fraction of sp³-hybridized carbons (Fsp3) is 0.350. The Morgan fingerprint density at radius 2 is 1.96 bits per heavy atom. The van der Waals surface area contributed by atoms with Gasteiger partial charge in [-0.15, -0.1) is 0 Å². The van der Waals surface area contributed by atoms with Crippen LogP contribution in [0.5, 0.6) is 0 Å². The first-order chi connectivity index (χ1) is 12.8. The minimum atomic E-state index is -3.92. The second kappa shape index (κ2) is 7.90. The average molecular weight is 407 g/mol. The van der Waals surface area contributed by atoms with Crippen LogP contribution in [0.4, 0.5) is 5.69 Å². The molecule has 1 atom stereocenters. The van der Waals surface area contributed by atoms with Crippen molar-refractivity contribution < 1.29 is 13.2 Å². The lowest BCUT2D eigenvalue weighted by Gasteiger charge is -2.31. The van der Waals surface area contributed by atoms with E-state index in [0.29, 0.717) is 30.3 Å². The number of rotatable bonds is 4. The largest absolute Gasteiger partial charge is 0.338 e. The Labute approximate surface area is 165 Å². The topological polar surface area (TPSA) is 66.5 Å². The molecule has 7 heteroatoms. The number of hydrogen-bond acceptors (Lipinski definition) is 3. The molecule has 0 unspecified atom stereocenters. The summed E-state index contributed by atoms with van der Waals surface area (Å²) in [6.45, 7) is 5.31. The number of nitrogens with one attached hydrogen (secondary N) is 1. The van der Waals surface area contributed by atoms with Crippen molar-refractivity contribution in [1.29, 1.82) is 0 Å². The van der Waals surface area contributed by atoms with Crippen molar-refractivity contribution in [3.63, 3.8) is 0 Å². The minimum absolute atomic E-state index is 0.0830. The summed E-state index contributed by atoms with van der Waals surface area (Å²) in [5, 5.41) is 0.0830. The maximum absolute atomic E-state index is 12.9. The highest BCUT2D eigenvalue weighted by Gasteiger charge is 2.25. The van der Waals surface area contributed by atoms with Crippen molar-refractivity contribution in [3.8, 4) is 0 Å². The molecule has 5 nitrogen and oxygen atoms in total. The van der Waals surface area contributed by atoms with Gasteiger partial charge in [0.25, 0.3) is 15.9 Å². The third-order valence-electron chi connectivity index (χ3n) is 4.80. The van der Waals surface area contributed by atoms with Gasteiger partial charge in [-0.3, -0.25) is 9.52 Å². The highest BCUT2D eigenvalue weighted by Crippen LogP contribution is 2.27. The summed E-state index contributed by atoms with van der Waals surface area (Å²) in [7, 11) is -3.92. The standard InChI is InChI=1S/C20H23ClN2O3S/c1-14-6-5-11-23(13-14)20(24)16-9-10-17(21)19(12-16)27(25,26)22-18-8-4-3-7-15(18)2/h3-4,7-10,12,14,22H,5-6,11,13H2,1-2H3/t14-/m1/s1. The van der Waals surface area contributed by atoms with E-state index in [-0.39, 0.29) is 15.8 Å². The summed E-state index contributed by atoms with van der Waals surface area (Å²) in [5.41, 5.74) is 1.61. The van der Waals surface area contributed by atoms with Gasteiger partial charge in [-0.1, -0.05) is 36.7 Å². The molecule has 1 N–H and O–H groups in total. The van der Waals surface area contributed by atoms with Crippen LogP contribution in [0.2, 0.25) is 5.02 Å². The van der Waals surface area contributed by atoms with E-state index in [1.165, 1.54) is 12.1 Å². The van der Waals surface area contributed by atoms with Gasteiger partial charge in [0.15, 0.2) is 0 Å². The first kappa shape index (κ1) is 19.7. The number of carbonyl (C=O) groups excluding carboxylic acids is 1. The zero-order valence-corrected chi connectivity index (χ0v) is 17.0. The molecule has 1 amide bonds. The molecule has 0 bridgehead atoms. The summed E-state index contributed by atoms with van der Waals surface area (Å²) in [6, 6.07) is 11.5. The van der Waals surface area contributed by atoms with Crippen LogP contribution in [0.1, 0.15) is 35.7 Å². The van der Waals surface area contributed by atoms with Crippen LogP contribution in [-0.4, -0.2) is 32.3 Å². The van der Waals surface area contributed by atoms with E-state index in [1.54, 1.807) is 23.1 Å². The quantitative estimate of drug-likeness (QED) is 0.822. The lowest BCUT2D eigenvalue weighted by atomic mass is 9.99. The second-order valence-electron chi connectivity index (χ2n) is 7.06. The van der Waals surface area contributed by atoms with Crippen molar-refractivity contribution in [2.75, 3.05) is 17.8 Å². The van der Waals surface area contributed by atoms with Gasteiger partial charge in [-0.2, -0.15) is 0 Å². The lowest BCUT2D eigenvalue weighted by molar-refractivity contribution is 0.0683. The number of aryl methyl sites for hydroxylation is 1. The SMILES string of the molecule is Cc1ccccc1NS(=O)(=O)c1cc(C(=O)N2CCC[C@@H](C)C2)ccc1Cl. The molecule has 2 aromatic carbocycles. The normalized spacial score (nSPS) is 17.6. The number of anilines is 1. The third-order valence-corrected chi connectivity index (χ3v) is 6.65. The zero-order chi connectivity index (χ0) is 19.6. The number of hydrogen-bond donors (Lipinski definition) is 1. The van der Waals surface area contributed by atoms with E-state index in [1.807, 2.05) is 19.1 Å². The summed E-state index contributed by atoms with van der Waals surface area (Å²) in [6.07, 6.45) is 2.06. The Balaban J connectivity index is 1.90. The van der Waals surface area contributed by atoms with E-state index in [9.17, 15) is 13.2 Å². The van der Waals surface area contributed by atoms with Crippen LogP contribution in [0.3, 0.4) is 0 Å². The molecule has 144 valence electrons. The molecule has 1 saturated heterocycles. The van der Waals surface area contributed by atoms with Crippen molar-refractivity contribution in [1.82, 2.24) is 4.90 Å². The Morgan fingerprint density at radius 3 is 2.67 bits per heavy atom. The Hall–Kier alpha value is -2.05. The number of benzene rings is 2. The predicted octanol–water partition coefficient (Wildman–Crippen LogP) is 4.32. The van der Waals surface area contributed by atoms with Gasteiger partial charge in [0, 0.05) is 18.7 Å². The van der Waals surface area contributed by atoms with Crippen molar-refractivity contribution >= 4 is 33.2 Å². The summed E-state index contributed by atoms with van der Waals surface area (Å²) in [5.74, 6) is 0.284. The molecular weight excluding hydrogens is 384 g/mol. The fourth-order valence-electron chi connectivity index (χ4n) is 3.29. The van der Waals surface area contributed by atoms with Gasteiger partial charge in [0.2, 0.25) is 0 Å². The van der Waals surface area contributed by atoms with Gasteiger partial charge in [-0.25, -0.2) is 8.42 Å². The molecule has 0 spiro atoms. The number of carbonyl (C=O) groups is 1. The molecule has 1 fully saturated rings. The number of halogens is 1. The number of amides is 1. The van der Waals surface area contributed by atoms with E-state index in [4.69, 9.17) is 11.6 Å². The van der Waals surface area contributed by atoms with E-state index in [0.717, 1.165) is 18.4 Å². The molecule has 0 aromatic heterocycles. The molecule has 2 aromatic rings. The number of piperidine rings is 1. The van der Waals surface area contributed by atoms with Gasteiger partial charge in [0.05, 0.1) is 10.7 Å². The maximum atomic E-state index is 12.9. The summed E-state index contributed by atoms with van der Waals surface area (Å²) >= 11 is 6.16. The molecule has 1 aliphatic heterocycles. The van der Waals surface area contributed by atoms with Crippen LogP contribution in [0, 0.1) is 12.8 Å².